The minimum absolute atomic E-state index is 0.144. The molecule has 0 atom stereocenters. The fourth-order valence-electron chi connectivity index (χ4n) is 2.16. The first-order valence-electron chi connectivity index (χ1n) is 7.46. The summed E-state index contributed by atoms with van der Waals surface area (Å²) in [4.78, 5) is 27.8. The molecular formula is C18H15N3O3S. The molecule has 7 heteroatoms. The number of carbonyl (C=O) groups excluding carboxylic acids is 2. The summed E-state index contributed by atoms with van der Waals surface area (Å²) in [5.41, 5.74) is 6.92. The summed E-state index contributed by atoms with van der Waals surface area (Å²) < 4.78 is 5.60. The minimum Gasteiger partial charge on any atom is -0.483 e. The number of nitrogens with one attached hydrogen (secondary N) is 1. The van der Waals surface area contributed by atoms with Crippen LogP contribution in [0.25, 0.3) is 6.08 Å². The number of nitrogens with zero attached hydrogens (tertiary/aromatic N) is 1. The van der Waals surface area contributed by atoms with E-state index < -0.39 is 0 Å². The molecule has 25 heavy (non-hydrogen) atoms. The standard InChI is InChI=1S/C18H15N3O3S/c19-18-21-17(23)15(25-18)10-12-6-4-5-9-14(12)24-11-16(22)20-13-7-2-1-3-8-13/h1-10H,11H2,(H,20,22)(H2,19,21,23)/b15-10-. The molecule has 0 radical (unpaired) electrons. The number of para-hydroxylation sites is 2. The van der Waals surface area contributed by atoms with Crippen molar-refractivity contribution in [1.82, 2.24) is 0 Å². The first kappa shape index (κ1) is 16.8. The summed E-state index contributed by atoms with van der Waals surface area (Å²) in [5, 5.41) is 2.96. The van der Waals surface area contributed by atoms with Crippen LogP contribution in [0.4, 0.5) is 5.69 Å². The van der Waals surface area contributed by atoms with Gasteiger partial charge in [-0.2, -0.15) is 4.99 Å². The molecule has 0 unspecified atom stereocenters. The molecule has 3 rings (SSSR count). The van der Waals surface area contributed by atoms with E-state index in [1.54, 1.807) is 36.4 Å². The lowest BCUT2D eigenvalue weighted by Crippen LogP contribution is -2.20. The van der Waals surface area contributed by atoms with Gasteiger partial charge in [-0.15, -0.1) is 0 Å². The predicted molar refractivity (Wildman–Crippen MR) is 99.2 cm³/mol. The first-order valence-corrected chi connectivity index (χ1v) is 8.28. The zero-order valence-corrected chi connectivity index (χ0v) is 14.0. The van der Waals surface area contributed by atoms with Crippen LogP contribution in [0.5, 0.6) is 5.75 Å². The lowest BCUT2D eigenvalue weighted by molar-refractivity contribution is -0.118. The number of nitrogens with two attached hydrogens (primary N) is 1. The number of hydrogen-bond acceptors (Lipinski definition) is 5. The third-order valence-corrected chi connectivity index (χ3v) is 4.07. The number of amides is 2. The number of amidine groups is 1. The summed E-state index contributed by atoms with van der Waals surface area (Å²) in [5.74, 6) is -0.149. The van der Waals surface area contributed by atoms with Gasteiger partial charge >= 0.3 is 0 Å². The number of ether oxygens (including phenoxy) is 1. The first-order chi connectivity index (χ1) is 12.1. The molecule has 126 valence electrons. The van der Waals surface area contributed by atoms with E-state index in [9.17, 15) is 9.59 Å². The lowest BCUT2D eigenvalue weighted by Gasteiger charge is -2.10. The van der Waals surface area contributed by atoms with E-state index in [1.807, 2.05) is 24.3 Å². The van der Waals surface area contributed by atoms with Gasteiger partial charge in [-0.1, -0.05) is 36.4 Å². The van der Waals surface area contributed by atoms with Gasteiger partial charge in [-0.25, -0.2) is 0 Å². The van der Waals surface area contributed by atoms with Crippen molar-refractivity contribution in [2.45, 2.75) is 0 Å². The Morgan fingerprint density at radius 2 is 1.88 bits per heavy atom. The lowest BCUT2D eigenvalue weighted by atomic mass is 10.2. The summed E-state index contributed by atoms with van der Waals surface area (Å²) in [6, 6.07) is 16.3. The van der Waals surface area contributed by atoms with Crippen molar-refractivity contribution >= 4 is 40.5 Å². The molecule has 2 aromatic rings. The number of benzene rings is 2. The number of anilines is 1. The van der Waals surface area contributed by atoms with Crippen molar-refractivity contribution in [2.75, 3.05) is 11.9 Å². The topological polar surface area (TPSA) is 93.8 Å². The van der Waals surface area contributed by atoms with Gasteiger partial charge in [0.05, 0.1) is 4.91 Å². The average molecular weight is 353 g/mol. The second kappa shape index (κ2) is 7.67. The van der Waals surface area contributed by atoms with Crippen LogP contribution < -0.4 is 15.8 Å². The molecule has 0 bridgehead atoms. The van der Waals surface area contributed by atoms with Gasteiger partial charge in [-0.05, 0) is 36.0 Å². The number of aliphatic imine (C=N–C) groups is 1. The van der Waals surface area contributed by atoms with E-state index in [-0.39, 0.29) is 23.6 Å². The van der Waals surface area contributed by atoms with E-state index in [0.717, 1.165) is 11.8 Å². The average Bonchev–Trinajstić information content (AvgIpc) is 2.92. The molecule has 3 N–H and O–H groups in total. The highest BCUT2D eigenvalue weighted by Crippen LogP contribution is 2.29. The van der Waals surface area contributed by atoms with Gasteiger partial charge in [0, 0.05) is 11.3 Å². The number of rotatable bonds is 5. The molecule has 0 fully saturated rings. The van der Waals surface area contributed by atoms with Crippen LogP contribution in [0.15, 0.2) is 64.5 Å². The van der Waals surface area contributed by atoms with Gasteiger partial charge in [-0.3, -0.25) is 9.59 Å². The normalized spacial score (nSPS) is 15.1. The van der Waals surface area contributed by atoms with Crippen LogP contribution in [-0.4, -0.2) is 23.6 Å². The van der Waals surface area contributed by atoms with Crippen molar-refractivity contribution in [1.29, 1.82) is 0 Å². The molecule has 6 nitrogen and oxygen atoms in total. The molecule has 0 spiro atoms. The zero-order valence-electron chi connectivity index (χ0n) is 13.1. The number of hydrogen-bond donors (Lipinski definition) is 2. The van der Waals surface area contributed by atoms with Crippen molar-refractivity contribution in [2.24, 2.45) is 10.7 Å². The van der Waals surface area contributed by atoms with E-state index >= 15 is 0 Å². The highest BCUT2D eigenvalue weighted by Gasteiger charge is 2.20. The highest BCUT2D eigenvalue weighted by atomic mass is 32.2. The van der Waals surface area contributed by atoms with Crippen molar-refractivity contribution in [3.8, 4) is 5.75 Å². The largest absolute Gasteiger partial charge is 0.483 e. The summed E-state index contributed by atoms with van der Waals surface area (Å²) in [6.07, 6.45) is 1.65. The van der Waals surface area contributed by atoms with Gasteiger partial charge in [0.25, 0.3) is 11.8 Å². The highest BCUT2D eigenvalue weighted by molar-refractivity contribution is 8.18. The van der Waals surface area contributed by atoms with E-state index in [0.29, 0.717) is 21.9 Å². The monoisotopic (exact) mass is 353 g/mol. The van der Waals surface area contributed by atoms with Gasteiger partial charge in [0.15, 0.2) is 11.8 Å². The summed E-state index contributed by atoms with van der Waals surface area (Å²) in [6.45, 7) is -0.144. The minimum atomic E-state index is -0.376. The molecule has 0 aliphatic carbocycles. The third-order valence-electron chi connectivity index (χ3n) is 3.26. The molecule has 1 aliphatic rings. The van der Waals surface area contributed by atoms with Crippen LogP contribution in [0, 0.1) is 0 Å². The smallest absolute Gasteiger partial charge is 0.286 e. The molecule has 1 heterocycles. The van der Waals surface area contributed by atoms with Crippen molar-refractivity contribution in [3.05, 3.63) is 65.1 Å². The molecular weight excluding hydrogens is 338 g/mol. The Labute approximate surface area is 148 Å². The predicted octanol–water partition coefficient (Wildman–Crippen LogP) is 2.63. The fourth-order valence-corrected chi connectivity index (χ4v) is 2.83. The Morgan fingerprint density at radius 1 is 1.16 bits per heavy atom. The molecule has 0 aromatic heterocycles. The van der Waals surface area contributed by atoms with Gasteiger partial charge < -0.3 is 15.8 Å². The molecule has 1 aliphatic heterocycles. The van der Waals surface area contributed by atoms with E-state index in [4.69, 9.17) is 10.5 Å². The van der Waals surface area contributed by atoms with Crippen LogP contribution in [0.3, 0.4) is 0 Å². The summed E-state index contributed by atoms with van der Waals surface area (Å²) >= 11 is 1.11. The Hall–Kier alpha value is -3.06. The zero-order chi connectivity index (χ0) is 17.6. The maximum Gasteiger partial charge on any atom is 0.286 e. The van der Waals surface area contributed by atoms with Crippen molar-refractivity contribution in [3.63, 3.8) is 0 Å². The SMILES string of the molecule is NC1=NC(=O)/C(=C/c2ccccc2OCC(=O)Nc2ccccc2)S1. The summed E-state index contributed by atoms with van der Waals surface area (Å²) in [7, 11) is 0. The fraction of sp³-hybridized carbons (Fsp3) is 0.0556. The Bertz CT molecular complexity index is 863. The molecule has 0 saturated heterocycles. The van der Waals surface area contributed by atoms with E-state index in [2.05, 4.69) is 10.3 Å². The Balaban J connectivity index is 1.66. The molecule has 2 aromatic carbocycles. The number of thioether (sulfide) groups is 1. The quantitative estimate of drug-likeness (QED) is 0.806. The van der Waals surface area contributed by atoms with Crippen LogP contribution in [0.2, 0.25) is 0 Å². The Kier molecular flexibility index (Phi) is 5.15. The van der Waals surface area contributed by atoms with Crippen molar-refractivity contribution < 1.29 is 14.3 Å². The van der Waals surface area contributed by atoms with Gasteiger partial charge in [0.1, 0.15) is 5.75 Å². The molecule has 2 amide bonds. The van der Waals surface area contributed by atoms with Crippen LogP contribution in [-0.2, 0) is 9.59 Å². The Morgan fingerprint density at radius 3 is 2.60 bits per heavy atom. The van der Waals surface area contributed by atoms with Crippen LogP contribution >= 0.6 is 11.8 Å². The van der Waals surface area contributed by atoms with Gasteiger partial charge in [0.2, 0.25) is 0 Å². The molecule has 0 saturated carbocycles. The number of carbonyl (C=O) groups is 2. The second-order valence-corrected chi connectivity index (χ2v) is 6.17. The third kappa shape index (κ3) is 4.48. The van der Waals surface area contributed by atoms with E-state index in [1.165, 1.54) is 0 Å². The second-order valence-electron chi connectivity index (χ2n) is 5.11. The maximum absolute atomic E-state index is 12.0. The van der Waals surface area contributed by atoms with Crippen LogP contribution in [0.1, 0.15) is 5.56 Å². The maximum atomic E-state index is 12.0.